The summed E-state index contributed by atoms with van der Waals surface area (Å²) in [6.45, 7) is -2.38. The second-order valence-corrected chi connectivity index (χ2v) is 10.1. The third kappa shape index (κ3) is 3.96. The number of para-hydroxylation sites is 2. The zero-order valence-corrected chi connectivity index (χ0v) is 22.9. The first-order chi connectivity index (χ1) is 33.7. The van der Waals surface area contributed by atoms with Gasteiger partial charge < -0.3 is 9.32 Å². The first kappa shape index (κ1) is 10.2. The number of anilines is 3. The second kappa shape index (κ2) is 9.70. The highest BCUT2D eigenvalue weighted by atomic mass is 16.3. The number of furan rings is 1. The number of rotatable bonds is 4. The van der Waals surface area contributed by atoms with Crippen LogP contribution in [0.2, 0.25) is 0 Å². The van der Waals surface area contributed by atoms with Crippen molar-refractivity contribution in [1.29, 1.82) is 0 Å². The Hall–Kier alpha value is -5.60. The van der Waals surface area contributed by atoms with Crippen molar-refractivity contribution in [2.45, 2.75) is 19.2 Å². The Kier molecular flexibility index (Phi) is 2.20. The van der Waals surface area contributed by atoms with Gasteiger partial charge in [-0.3, -0.25) is 0 Å². The fourth-order valence-electron chi connectivity index (χ4n) is 5.37. The molecule has 0 saturated carbocycles. The van der Waals surface area contributed by atoms with Crippen LogP contribution in [0.3, 0.4) is 0 Å². The van der Waals surface area contributed by atoms with Crippen molar-refractivity contribution in [3.63, 3.8) is 0 Å². The van der Waals surface area contributed by atoms with E-state index in [1.54, 1.807) is 0 Å². The van der Waals surface area contributed by atoms with Crippen molar-refractivity contribution in [3.8, 4) is 22.3 Å². The molecular weight excluding hydrogens is 546 g/mol. The number of fused-ring (bicyclic) bond motifs is 8. The van der Waals surface area contributed by atoms with E-state index in [1.165, 1.54) is 0 Å². The highest BCUT2D eigenvalue weighted by Crippen LogP contribution is 2.54. The molecule has 0 radical (unpaired) electrons. The summed E-state index contributed by atoms with van der Waals surface area (Å²) in [5, 5.41) is -1.97. The summed E-state index contributed by atoms with van der Waals surface area (Å²) in [4.78, 5) is 0.380. The smallest absolute Gasteiger partial charge is 0.143 e. The minimum absolute atomic E-state index is 0.380. The number of benzene rings is 7. The molecule has 45 heavy (non-hydrogen) atoms. The first-order valence-corrected chi connectivity index (χ1v) is 13.3. The Labute approximate surface area is 302 Å². The fourth-order valence-corrected chi connectivity index (χ4v) is 5.37. The van der Waals surface area contributed by atoms with E-state index in [4.69, 9.17) is 31.8 Å². The number of nitrogens with zero attached hydrogens (tertiary/aromatic N) is 1. The highest BCUT2D eigenvalue weighted by molar-refractivity contribution is 6.12. The molecule has 1 aromatic heterocycles. The van der Waals surface area contributed by atoms with E-state index in [1.807, 2.05) is 0 Å². The molecule has 0 spiro atoms. The predicted molar refractivity (Wildman–Crippen MR) is 189 cm³/mol. The highest BCUT2D eigenvalue weighted by Gasteiger charge is 2.38. The molecule has 1 aliphatic rings. The SMILES string of the molecule is [2H]c1c([2H])c([2H])c(N(c2c([2H])c([2H])c(-c3c([2H])c([2H])c4c([2H])c([2H])c([2H])c([2H])c4c3[2H])c([2H])c2[2H])c2c([2H])c([2H])c3c(c2[2H])C(C)(C([2H])([2H])[2H])c2c([2H])c([2H])c4c(oc5c([2H])c([2H])c([2H])c([2H])c54)c2-3)c([2H])c1[2H]. The van der Waals surface area contributed by atoms with Gasteiger partial charge in [-0.05, 0) is 86.9 Å². The van der Waals surface area contributed by atoms with Crippen LogP contribution in [0, 0.1) is 0 Å². The number of hydrogen-bond acceptors (Lipinski definition) is 2. The normalized spacial score (nSPS) is 24.5. The summed E-state index contributed by atoms with van der Waals surface area (Å²) < 4.78 is 256. The number of hydrogen-bond donors (Lipinski definition) is 0. The van der Waals surface area contributed by atoms with Gasteiger partial charge in [0.05, 0.1) is 34.3 Å². The lowest BCUT2D eigenvalue weighted by Crippen LogP contribution is -2.16. The Morgan fingerprint density at radius 1 is 0.578 bits per heavy atom. The summed E-state index contributed by atoms with van der Waals surface area (Å²) in [7, 11) is 0. The van der Waals surface area contributed by atoms with E-state index in [-0.39, 0.29) is 5.39 Å². The lowest BCUT2D eigenvalue weighted by atomic mass is 9.82. The third-order valence-electron chi connectivity index (χ3n) is 7.44. The average molecular weight is 606 g/mol. The lowest BCUT2D eigenvalue weighted by Gasteiger charge is -2.28. The quantitative estimate of drug-likeness (QED) is 0.198. The minimum atomic E-state index is -3.39. The van der Waals surface area contributed by atoms with Crippen molar-refractivity contribution >= 4 is 49.8 Å². The van der Waals surface area contributed by atoms with Crippen LogP contribution < -0.4 is 4.90 Å². The van der Waals surface area contributed by atoms with Crippen LogP contribution >= 0.6 is 0 Å². The van der Waals surface area contributed by atoms with Crippen LogP contribution in [0.15, 0.2) is 155 Å². The van der Waals surface area contributed by atoms with Gasteiger partial charge in [-0.15, -0.1) is 0 Å². The molecule has 0 fully saturated rings. The molecule has 1 atom stereocenters. The molecule has 7 aromatic carbocycles. The zero-order chi connectivity index (χ0) is 54.4. The first-order valence-electron chi connectivity index (χ1n) is 27.3. The standard InChI is InChI=1S/C43H31NO/c1-43(2)38-25-24-36-35-14-8-9-15-40(35)45-42(36)41(38)37-23-22-34(27-39(37)43)44(32-12-4-3-5-13-32)33-20-18-29(19-21-33)31-17-16-28-10-6-7-11-30(28)26-31/h3-27H,1-2H3/i1D3,3D,4D,5D,6D,7D,8D,9D,10D,11D,12D,13D,14D,15D,16D,17D,18D,19D,20D,21D,22D,23D,24D,25D,26D,27D. The van der Waals surface area contributed by atoms with Crippen LogP contribution in [0.4, 0.5) is 17.1 Å². The molecule has 1 unspecified atom stereocenters. The molecule has 2 heteroatoms. The molecule has 0 aliphatic heterocycles. The van der Waals surface area contributed by atoms with Crippen LogP contribution in [0.1, 0.15) is 63.3 Å². The second-order valence-electron chi connectivity index (χ2n) is 10.1. The van der Waals surface area contributed by atoms with Gasteiger partial charge in [-0.25, -0.2) is 0 Å². The molecule has 2 nitrogen and oxygen atoms in total. The van der Waals surface area contributed by atoms with Crippen molar-refractivity contribution in [3.05, 3.63) is 162 Å². The molecule has 0 N–H and O–H groups in total. The molecule has 1 heterocycles. The van der Waals surface area contributed by atoms with Gasteiger partial charge in [0.15, 0.2) is 0 Å². The van der Waals surface area contributed by atoms with Crippen LogP contribution in [0.25, 0.3) is 55.0 Å². The zero-order valence-electron chi connectivity index (χ0n) is 50.9. The Morgan fingerprint density at radius 2 is 1.29 bits per heavy atom. The minimum Gasteiger partial charge on any atom is -0.455 e. The van der Waals surface area contributed by atoms with Gasteiger partial charge in [0.2, 0.25) is 0 Å². The summed E-state index contributed by atoms with van der Waals surface area (Å²) in [5.41, 5.74) is -11.0. The Morgan fingerprint density at radius 3 is 2.13 bits per heavy atom. The van der Waals surface area contributed by atoms with Gasteiger partial charge in [0.25, 0.3) is 0 Å². The summed E-state index contributed by atoms with van der Waals surface area (Å²) in [5.74, 6) is 0. The van der Waals surface area contributed by atoms with E-state index in [2.05, 4.69) is 0 Å². The van der Waals surface area contributed by atoms with Crippen LogP contribution in [-0.2, 0) is 5.41 Å². The van der Waals surface area contributed by atoms with E-state index >= 15 is 0 Å². The molecule has 0 saturated heterocycles. The maximum absolute atomic E-state index is 9.97. The van der Waals surface area contributed by atoms with E-state index in [0.29, 0.717) is 4.90 Å². The average Bonchev–Trinajstić information content (AvgIpc) is 3.87. The van der Waals surface area contributed by atoms with E-state index in [0.717, 1.165) is 6.92 Å². The monoisotopic (exact) mass is 605 g/mol. The third-order valence-corrected chi connectivity index (χ3v) is 7.44. The molecule has 0 bridgehead atoms. The van der Waals surface area contributed by atoms with Gasteiger partial charge >= 0.3 is 0 Å². The lowest BCUT2D eigenvalue weighted by molar-refractivity contribution is 0.653. The van der Waals surface area contributed by atoms with Crippen molar-refractivity contribution in [2.24, 2.45) is 0 Å². The molecule has 0 amide bonds. The van der Waals surface area contributed by atoms with E-state index in [9.17, 15) is 11.0 Å². The van der Waals surface area contributed by atoms with Crippen molar-refractivity contribution in [1.82, 2.24) is 0 Å². The van der Waals surface area contributed by atoms with Crippen molar-refractivity contribution < 1.29 is 42.8 Å². The Bertz CT molecular complexity index is 3870. The molecule has 1 aliphatic carbocycles. The maximum atomic E-state index is 9.97. The predicted octanol–water partition coefficient (Wildman–Crippen LogP) is 12.2. The summed E-state index contributed by atoms with van der Waals surface area (Å²) in [6.07, 6.45) is 0. The molecular formula is C43H31NO. The van der Waals surface area contributed by atoms with E-state index < -0.39 is 241 Å². The van der Waals surface area contributed by atoms with Gasteiger partial charge in [0, 0.05) is 42.9 Å². The largest absolute Gasteiger partial charge is 0.455 e. The maximum Gasteiger partial charge on any atom is 0.143 e. The van der Waals surface area contributed by atoms with Crippen molar-refractivity contribution in [2.75, 3.05) is 4.90 Å². The van der Waals surface area contributed by atoms with Gasteiger partial charge in [-0.1, -0.05) is 116 Å². The molecule has 8 aromatic rings. The van der Waals surface area contributed by atoms with Crippen LogP contribution in [0.5, 0.6) is 0 Å². The molecule has 9 rings (SSSR count). The van der Waals surface area contributed by atoms with Crippen LogP contribution in [-0.4, -0.2) is 0 Å². The topological polar surface area (TPSA) is 16.4 Å². The molecule has 214 valence electrons. The van der Waals surface area contributed by atoms with Gasteiger partial charge in [0.1, 0.15) is 11.2 Å². The summed E-state index contributed by atoms with van der Waals surface area (Å²) in [6, 6.07) is -24.1. The fraction of sp³-hybridized carbons (Fsp3) is 0.0698. The Balaban J connectivity index is 1.47. The van der Waals surface area contributed by atoms with Gasteiger partial charge in [-0.2, -0.15) is 0 Å². The summed E-state index contributed by atoms with van der Waals surface area (Å²) >= 11 is 0.